The number of halogens is 4. The van der Waals surface area contributed by atoms with Gasteiger partial charge >= 0.3 is 6.18 Å². The lowest BCUT2D eigenvalue weighted by molar-refractivity contribution is -0.143. The van der Waals surface area contributed by atoms with E-state index < -0.39 is 12.7 Å². The highest BCUT2D eigenvalue weighted by Gasteiger charge is 2.34. The van der Waals surface area contributed by atoms with Crippen molar-refractivity contribution in [3.63, 3.8) is 0 Å². The van der Waals surface area contributed by atoms with Crippen LogP contribution in [-0.4, -0.2) is 49.8 Å². The van der Waals surface area contributed by atoms with Crippen molar-refractivity contribution >= 4 is 5.96 Å². The van der Waals surface area contributed by atoms with Crippen LogP contribution in [-0.2, 0) is 6.54 Å². The number of nitrogens with zero attached hydrogens (tertiary/aromatic N) is 2. The van der Waals surface area contributed by atoms with Crippen molar-refractivity contribution in [2.24, 2.45) is 4.99 Å². The number of guanidine groups is 1. The molecule has 2 N–H and O–H groups in total. The Morgan fingerprint density at radius 1 is 1.38 bits per heavy atom. The number of likely N-dealkylation sites (tertiary alicyclic amines) is 1. The van der Waals surface area contributed by atoms with Crippen molar-refractivity contribution in [1.82, 2.24) is 15.5 Å². The molecule has 8 heteroatoms. The van der Waals surface area contributed by atoms with Gasteiger partial charge in [-0.2, -0.15) is 13.2 Å². The number of aryl methyl sites for hydroxylation is 1. The Balaban J connectivity index is 1.81. The molecule has 134 valence electrons. The van der Waals surface area contributed by atoms with E-state index in [1.807, 2.05) is 0 Å². The Hall–Kier alpha value is -1.83. The van der Waals surface area contributed by atoms with E-state index in [-0.39, 0.29) is 11.9 Å². The molecule has 1 aliphatic heterocycles. The molecule has 1 aromatic rings. The van der Waals surface area contributed by atoms with Crippen LogP contribution in [0.2, 0.25) is 0 Å². The van der Waals surface area contributed by atoms with E-state index in [2.05, 4.69) is 15.6 Å². The Kier molecular flexibility index (Phi) is 6.04. The van der Waals surface area contributed by atoms with Crippen molar-refractivity contribution in [3.05, 3.63) is 35.1 Å². The van der Waals surface area contributed by atoms with E-state index in [4.69, 9.17) is 0 Å². The Bertz CT molecular complexity index is 586. The summed E-state index contributed by atoms with van der Waals surface area (Å²) in [6.45, 7) is 2.01. The quantitative estimate of drug-likeness (QED) is 0.500. The van der Waals surface area contributed by atoms with Gasteiger partial charge in [-0.25, -0.2) is 4.39 Å². The average Bonchev–Trinajstić information content (AvgIpc) is 2.91. The first-order valence-corrected chi connectivity index (χ1v) is 7.78. The Labute approximate surface area is 138 Å². The van der Waals surface area contributed by atoms with E-state index >= 15 is 0 Å². The van der Waals surface area contributed by atoms with Gasteiger partial charge in [-0.3, -0.25) is 9.89 Å². The van der Waals surface area contributed by atoms with Crippen LogP contribution in [0.25, 0.3) is 0 Å². The maximum atomic E-state index is 13.2. The van der Waals surface area contributed by atoms with Crippen LogP contribution in [0.5, 0.6) is 0 Å². The van der Waals surface area contributed by atoms with Gasteiger partial charge in [-0.15, -0.1) is 0 Å². The van der Waals surface area contributed by atoms with Crippen molar-refractivity contribution in [2.45, 2.75) is 32.1 Å². The molecule has 1 unspecified atom stereocenters. The molecule has 1 aliphatic rings. The lowest BCUT2D eigenvalue weighted by Gasteiger charge is -2.20. The maximum absolute atomic E-state index is 13.2. The monoisotopic (exact) mass is 346 g/mol. The highest BCUT2D eigenvalue weighted by molar-refractivity contribution is 5.80. The molecule has 1 atom stereocenters. The number of alkyl halides is 3. The summed E-state index contributed by atoms with van der Waals surface area (Å²) >= 11 is 0. The van der Waals surface area contributed by atoms with E-state index in [0.29, 0.717) is 37.6 Å². The van der Waals surface area contributed by atoms with E-state index in [0.717, 1.165) is 5.56 Å². The van der Waals surface area contributed by atoms with Gasteiger partial charge in [0.1, 0.15) is 5.82 Å². The molecule has 0 spiro atoms. The fraction of sp³-hybridized carbons (Fsp3) is 0.562. The van der Waals surface area contributed by atoms with Crippen molar-refractivity contribution in [2.75, 3.05) is 26.7 Å². The SMILES string of the molecule is CN=C(NCc1ccc(F)c(C)c1)NC1CCN(CC(F)(F)F)C1. The smallest absolute Gasteiger partial charge is 0.352 e. The number of benzene rings is 1. The Morgan fingerprint density at radius 3 is 2.75 bits per heavy atom. The second-order valence-corrected chi connectivity index (χ2v) is 5.99. The van der Waals surface area contributed by atoms with E-state index in [9.17, 15) is 17.6 Å². The number of nitrogens with one attached hydrogen (secondary N) is 2. The molecule has 1 heterocycles. The molecule has 1 fully saturated rings. The molecule has 2 rings (SSSR count). The minimum absolute atomic E-state index is 0.0755. The normalized spacial score (nSPS) is 19.6. The first-order chi connectivity index (χ1) is 11.3. The third kappa shape index (κ3) is 5.67. The highest BCUT2D eigenvalue weighted by atomic mass is 19.4. The van der Waals surface area contributed by atoms with Gasteiger partial charge in [0.15, 0.2) is 5.96 Å². The van der Waals surface area contributed by atoms with Crippen LogP contribution in [0.15, 0.2) is 23.2 Å². The predicted octanol–water partition coefficient (Wildman–Crippen LogP) is 2.44. The van der Waals surface area contributed by atoms with Crippen LogP contribution < -0.4 is 10.6 Å². The van der Waals surface area contributed by atoms with Crippen LogP contribution in [0, 0.1) is 12.7 Å². The highest BCUT2D eigenvalue weighted by Crippen LogP contribution is 2.19. The summed E-state index contributed by atoms with van der Waals surface area (Å²) in [6, 6.07) is 4.77. The van der Waals surface area contributed by atoms with Crippen LogP contribution in [0.4, 0.5) is 17.6 Å². The summed E-state index contributed by atoms with van der Waals surface area (Å²) in [5.74, 6) is 0.271. The van der Waals surface area contributed by atoms with Gasteiger partial charge < -0.3 is 10.6 Å². The summed E-state index contributed by atoms with van der Waals surface area (Å²) in [5, 5.41) is 6.23. The lowest BCUT2D eigenvalue weighted by Crippen LogP contribution is -2.44. The first kappa shape index (κ1) is 18.5. The molecule has 4 nitrogen and oxygen atoms in total. The first-order valence-electron chi connectivity index (χ1n) is 7.78. The third-order valence-corrected chi connectivity index (χ3v) is 3.92. The average molecular weight is 346 g/mol. The molecule has 24 heavy (non-hydrogen) atoms. The topological polar surface area (TPSA) is 39.7 Å². The molecule has 1 aromatic carbocycles. The minimum Gasteiger partial charge on any atom is -0.352 e. The maximum Gasteiger partial charge on any atom is 0.401 e. The van der Waals surface area contributed by atoms with Crippen molar-refractivity contribution < 1.29 is 17.6 Å². The standard InChI is InChI=1S/C16H22F4N4/c1-11-7-12(3-4-14(11)17)8-22-15(21-2)23-13-5-6-24(9-13)10-16(18,19)20/h3-4,7,13H,5-6,8-10H2,1-2H3,(H2,21,22,23). The van der Waals surface area contributed by atoms with E-state index in [1.165, 1.54) is 11.0 Å². The lowest BCUT2D eigenvalue weighted by atomic mass is 10.1. The molecule has 0 aromatic heterocycles. The van der Waals surface area contributed by atoms with Crippen LogP contribution in [0.1, 0.15) is 17.5 Å². The second kappa shape index (κ2) is 7.83. The third-order valence-electron chi connectivity index (χ3n) is 3.92. The molecule has 1 saturated heterocycles. The number of aliphatic imine (C=N–C) groups is 1. The largest absolute Gasteiger partial charge is 0.401 e. The van der Waals surface area contributed by atoms with Crippen molar-refractivity contribution in [1.29, 1.82) is 0 Å². The van der Waals surface area contributed by atoms with Gasteiger partial charge in [0, 0.05) is 32.7 Å². The number of hydrogen-bond donors (Lipinski definition) is 2. The summed E-state index contributed by atoms with van der Waals surface area (Å²) in [4.78, 5) is 5.47. The summed E-state index contributed by atoms with van der Waals surface area (Å²) < 4.78 is 50.5. The summed E-state index contributed by atoms with van der Waals surface area (Å²) in [6.07, 6.45) is -3.54. The molecular formula is C16H22F4N4. The molecular weight excluding hydrogens is 324 g/mol. The number of hydrogen-bond acceptors (Lipinski definition) is 2. The number of rotatable bonds is 4. The molecule has 0 radical (unpaired) electrons. The summed E-state index contributed by atoms with van der Waals surface area (Å²) in [7, 11) is 1.60. The Morgan fingerprint density at radius 2 is 2.12 bits per heavy atom. The molecule has 0 saturated carbocycles. The summed E-state index contributed by atoms with van der Waals surface area (Å²) in [5.41, 5.74) is 1.47. The fourth-order valence-electron chi connectivity index (χ4n) is 2.74. The minimum atomic E-state index is -4.17. The van der Waals surface area contributed by atoms with Gasteiger partial charge in [0.25, 0.3) is 0 Å². The van der Waals surface area contributed by atoms with Gasteiger partial charge in [-0.1, -0.05) is 12.1 Å². The van der Waals surface area contributed by atoms with Crippen molar-refractivity contribution in [3.8, 4) is 0 Å². The fourth-order valence-corrected chi connectivity index (χ4v) is 2.74. The van der Waals surface area contributed by atoms with Crippen LogP contribution >= 0.6 is 0 Å². The van der Waals surface area contributed by atoms with E-state index in [1.54, 1.807) is 26.1 Å². The zero-order valence-electron chi connectivity index (χ0n) is 13.8. The molecule has 0 aliphatic carbocycles. The van der Waals surface area contributed by atoms with Gasteiger partial charge in [0.05, 0.1) is 6.54 Å². The zero-order valence-corrected chi connectivity index (χ0v) is 13.8. The zero-order chi connectivity index (χ0) is 17.7. The van der Waals surface area contributed by atoms with Gasteiger partial charge in [-0.05, 0) is 30.5 Å². The van der Waals surface area contributed by atoms with Gasteiger partial charge in [0.2, 0.25) is 0 Å². The van der Waals surface area contributed by atoms with Crippen LogP contribution in [0.3, 0.4) is 0 Å². The molecule has 0 bridgehead atoms. The predicted molar refractivity (Wildman–Crippen MR) is 85.4 cm³/mol. The molecule has 0 amide bonds. The second-order valence-electron chi connectivity index (χ2n) is 5.99.